The van der Waals surface area contributed by atoms with Crippen molar-refractivity contribution < 1.29 is 27.5 Å². The third-order valence-electron chi connectivity index (χ3n) is 2.46. The molecule has 0 saturated heterocycles. The first-order valence-electron chi connectivity index (χ1n) is 5.18. The molecule has 1 aromatic carbocycles. The van der Waals surface area contributed by atoms with Crippen LogP contribution in [0.3, 0.4) is 0 Å². The minimum absolute atomic E-state index is 0.0422. The van der Waals surface area contributed by atoms with Crippen LogP contribution in [0.4, 0.5) is 13.2 Å². The van der Waals surface area contributed by atoms with Crippen molar-refractivity contribution in [2.75, 3.05) is 0 Å². The Morgan fingerprint density at radius 3 is 2.47 bits per heavy atom. The number of halogens is 3. The fraction of sp³-hybridized carbons (Fsp3) is 0.167. The van der Waals surface area contributed by atoms with Gasteiger partial charge in [-0.25, -0.2) is 9.78 Å². The number of nitrogens with zero attached hydrogens (tertiary/aromatic N) is 1. The number of carbonyl (C=O) groups is 1. The zero-order valence-corrected chi connectivity index (χ0v) is 9.65. The molecule has 0 aliphatic carbocycles. The molecule has 0 amide bonds. The van der Waals surface area contributed by atoms with Crippen LogP contribution in [0.25, 0.3) is 11.5 Å². The minimum Gasteiger partial charge on any atom is -0.476 e. The van der Waals surface area contributed by atoms with Gasteiger partial charge in [0.2, 0.25) is 5.89 Å². The monoisotopic (exact) mass is 271 g/mol. The van der Waals surface area contributed by atoms with E-state index in [0.717, 1.165) is 6.07 Å². The molecule has 19 heavy (non-hydrogen) atoms. The van der Waals surface area contributed by atoms with Crippen molar-refractivity contribution >= 4 is 5.97 Å². The average molecular weight is 271 g/mol. The van der Waals surface area contributed by atoms with Crippen LogP contribution < -0.4 is 0 Å². The highest BCUT2D eigenvalue weighted by Crippen LogP contribution is 2.36. The van der Waals surface area contributed by atoms with Gasteiger partial charge in [-0.2, -0.15) is 13.2 Å². The van der Waals surface area contributed by atoms with Crippen LogP contribution in [0.5, 0.6) is 0 Å². The molecule has 2 aromatic rings. The normalized spacial score (nSPS) is 11.6. The van der Waals surface area contributed by atoms with Gasteiger partial charge in [0.1, 0.15) is 5.76 Å². The molecule has 7 heteroatoms. The summed E-state index contributed by atoms with van der Waals surface area (Å²) in [7, 11) is 0. The summed E-state index contributed by atoms with van der Waals surface area (Å²) in [5.74, 6) is -1.75. The van der Waals surface area contributed by atoms with E-state index in [1.165, 1.54) is 25.1 Å². The molecule has 1 aromatic heterocycles. The molecule has 4 nitrogen and oxygen atoms in total. The van der Waals surface area contributed by atoms with E-state index in [2.05, 4.69) is 4.98 Å². The summed E-state index contributed by atoms with van der Waals surface area (Å²) in [5, 5.41) is 8.81. The van der Waals surface area contributed by atoms with Crippen molar-refractivity contribution in [1.82, 2.24) is 4.98 Å². The lowest BCUT2D eigenvalue weighted by atomic mass is 10.1. The summed E-state index contributed by atoms with van der Waals surface area (Å²) in [6.45, 7) is 1.33. The minimum atomic E-state index is -4.57. The Labute approximate surface area is 105 Å². The quantitative estimate of drug-likeness (QED) is 0.909. The molecule has 0 spiro atoms. The van der Waals surface area contributed by atoms with E-state index in [4.69, 9.17) is 9.52 Å². The average Bonchev–Trinajstić information content (AvgIpc) is 2.70. The number of aromatic carboxylic acids is 1. The number of benzene rings is 1. The van der Waals surface area contributed by atoms with Crippen LogP contribution in [0.2, 0.25) is 0 Å². The molecule has 0 atom stereocenters. The predicted molar refractivity (Wildman–Crippen MR) is 58.6 cm³/mol. The molecule has 0 unspecified atom stereocenters. The zero-order valence-electron chi connectivity index (χ0n) is 9.65. The van der Waals surface area contributed by atoms with E-state index in [1.54, 1.807) is 0 Å². The maximum atomic E-state index is 12.8. The summed E-state index contributed by atoms with van der Waals surface area (Å²) in [6, 6.07) is 4.69. The summed E-state index contributed by atoms with van der Waals surface area (Å²) in [6.07, 6.45) is -4.57. The third kappa shape index (κ3) is 2.44. The van der Waals surface area contributed by atoms with Crippen molar-refractivity contribution in [2.24, 2.45) is 0 Å². The highest BCUT2D eigenvalue weighted by Gasteiger charge is 2.35. The number of oxazole rings is 1. The number of aromatic nitrogens is 1. The number of alkyl halides is 3. The van der Waals surface area contributed by atoms with Gasteiger partial charge in [0.25, 0.3) is 0 Å². The Morgan fingerprint density at radius 1 is 1.32 bits per heavy atom. The van der Waals surface area contributed by atoms with Gasteiger partial charge in [-0.3, -0.25) is 0 Å². The number of carboxylic acids is 1. The highest BCUT2D eigenvalue weighted by atomic mass is 19.4. The van der Waals surface area contributed by atoms with Crippen molar-refractivity contribution in [3.63, 3.8) is 0 Å². The molecule has 1 heterocycles. The number of hydrogen-bond donors (Lipinski definition) is 1. The molecule has 0 aliphatic heterocycles. The van der Waals surface area contributed by atoms with Crippen LogP contribution >= 0.6 is 0 Å². The molecular formula is C12H8F3NO3. The number of hydrogen-bond acceptors (Lipinski definition) is 3. The number of rotatable bonds is 2. The lowest BCUT2D eigenvalue weighted by Crippen LogP contribution is -2.07. The van der Waals surface area contributed by atoms with E-state index in [1.807, 2.05) is 0 Å². The molecule has 0 radical (unpaired) electrons. The van der Waals surface area contributed by atoms with Crippen molar-refractivity contribution in [3.05, 3.63) is 41.3 Å². The Balaban J connectivity index is 2.60. The van der Waals surface area contributed by atoms with E-state index in [-0.39, 0.29) is 17.2 Å². The Hall–Kier alpha value is -2.31. The molecule has 0 saturated carbocycles. The third-order valence-corrected chi connectivity index (χ3v) is 2.46. The first-order valence-corrected chi connectivity index (χ1v) is 5.18. The van der Waals surface area contributed by atoms with E-state index >= 15 is 0 Å². The van der Waals surface area contributed by atoms with Crippen LogP contribution in [0.1, 0.15) is 21.8 Å². The lowest BCUT2D eigenvalue weighted by molar-refractivity contribution is -0.137. The summed E-state index contributed by atoms with van der Waals surface area (Å²) >= 11 is 0. The Kier molecular flexibility index (Phi) is 3.05. The smallest absolute Gasteiger partial charge is 0.417 e. The van der Waals surface area contributed by atoms with Crippen molar-refractivity contribution in [1.29, 1.82) is 0 Å². The fourth-order valence-corrected chi connectivity index (χ4v) is 1.63. The Morgan fingerprint density at radius 2 is 1.95 bits per heavy atom. The second kappa shape index (κ2) is 4.42. The number of carboxylic acid groups (broad SMARTS) is 1. The molecule has 0 aliphatic rings. The Bertz CT molecular complexity index is 631. The molecule has 100 valence electrons. The molecule has 0 bridgehead atoms. The van der Waals surface area contributed by atoms with Gasteiger partial charge in [0.05, 0.1) is 5.56 Å². The van der Waals surface area contributed by atoms with Gasteiger partial charge < -0.3 is 9.52 Å². The lowest BCUT2D eigenvalue weighted by Gasteiger charge is -2.09. The van der Waals surface area contributed by atoms with E-state index < -0.39 is 23.4 Å². The van der Waals surface area contributed by atoms with Gasteiger partial charge in [0, 0.05) is 5.56 Å². The SMILES string of the molecule is Cc1oc(-c2ccccc2C(F)(F)F)nc1C(=O)O. The van der Waals surface area contributed by atoms with Gasteiger partial charge in [-0.05, 0) is 19.1 Å². The van der Waals surface area contributed by atoms with E-state index in [9.17, 15) is 18.0 Å². The van der Waals surface area contributed by atoms with Crippen LogP contribution in [-0.4, -0.2) is 16.1 Å². The maximum absolute atomic E-state index is 12.8. The highest BCUT2D eigenvalue weighted by molar-refractivity contribution is 5.87. The van der Waals surface area contributed by atoms with E-state index in [0.29, 0.717) is 0 Å². The molecular weight excluding hydrogens is 263 g/mol. The fourth-order valence-electron chi connectivity index (χ4n) is 1.63. The molecule has 2 rings (SSSR count). The van der Waals surface area contributed by atoms with Gasteiger partial charge in [-0.15, -0.1) is 0 Å². The first-order chi connectivity index (χ1) is 8.80. The second-order valence-electron chi connectivity index (χ2n) is 3.77. The van der Waals surface area contributed by atoms with Crippen LogP contribution in [0, 0.1) is 6.92 Å². The largest absolute Gasteiger partial charge is 0.476 e. The summed E-state index contributed by atoms with van der Waals surface area (Å²) < 4.78 is 43.4. The van der Waals surface area contributed by atoms with Crippen LogP contribution in [0.15, 0.2) is 28.7 Å². The van der Waals surface area contributed by atoms with Gasteiger partial charge >= 0.3 is 12.1 Å². The summed E-state index contributed by atoms with van der Waals surface area (Å²) in [4.78, 5) is 14.4. The topological polar surface area (TPSA) is 63.3 Å². The molecule has 0 fully saturated rings. The van der Waals surface area contributed by atoms with Crippen LogP contribution in [-0.2, 0) is 6.18 Å². The first kappa shape index (κ1) is 13.1. The van der Waals surface area contributed by atoms with Crippen molar-refractivity contribution in [2.45, 2.75) is 13.1 Å². The van der Waals surface area contributed by atoms with Crippen molar-refractivity contribution in [3.8, 4) is 11.5 Å². The number of aryl methyl sites for hydroxylation is 1. The van der Waals surface area contributed by atoms with Gasteiger partial charge in [-0.1, -0.05) is 12.1 Å². The van der Waals surface area contributed by atoms with Gasteiger partial charge in [0.15, 0.2) is 5.69 Å². The molecule has 1 N–H and O–H groups in total. The standard InChI is InChI=1S/C12H8F3NO3/c1-6-9(11(17)18)16-10(19-6)7-4-2-3-5-8(7)12(13,14)15/h2-5H,1H3,(H,17,18). The zero-order chi connectivity index (χ0) is 14.2. The predicted octanol–water partition coefficient (Wildman–Crippen LogP) is 3.37. The maximum Gasteiger partial charge on any atom is 0.417 e. The second-order valence-corrected chi connectivity index (χ2v) is 3.77. The summed E-state index contributed by atoms with van der Waals surface area (Å²) in [5.41, 5.74) is -1.61.